The van der Waals surface area contributed by atoms with Crippen molar-refractivity contribution in [3.63, 3.8) is 0 Å². The molecule has 5 aliphatic rings. The van der Waals surface area contributed by atoms with E-state index < -0.39 is 0 Å². The zero-order valence-electron chi connectivity index (χ0n) is 19.9. The zero-order valence-corrected chi connectivity index (χ0v) is 19.9. The van der Waals surface area contributed by atoms with E-state index in [1.165, 1.54) is 5.56 Å². The van der Waals surface area contributed by atoms with Crippen molar-refractivity contribution in [2.24, 2.45) is 15.9 Å². The first kappa shape index (κ1) is 22.4. The highest BCUT2D eigenvalue weighted by Crippen LogP contribution is 2.57. The van der Waals surface area contributed by atoms with Crippen LogP contribution in [0.3, 0.4) is 0 Å². The maximum absolute atomic E-state index is 9.19. The average Bonchev–Trinajstić information content (AvgIpc) is 3.37. The summed E-state index contributed by atoms with van der Waals surface area (Å²) in [5.74, 6) is 6.50. The zero-order chi connectivity index (χ0) is 24.0. The first-order chi connectivity index (χ1) is 17.0. The number of rotatable bonds is 6. The van der Waals surface area contributed by atoms with Gasteiger partial charge >= 0.3 is 0 Å². The number of hydrogen-bond acceptors (Lipinski definition) is 9. The summed E-state index contributed by atoms with van der Waals surface area (Å²) in [5.41, 5.74) is 3.84. The number of hydrogen-bond donors (Lipinski definition) is 1. The van der Waals surface area contributed by atoms with Crippen molar-refractivity contribution in [3.05, 3.63) is 35.5 Å². The predicted molar refractivity (Wildman–Crippen MR) is 132 cm³/mol. The molecule has 2 aromatic rings. The molecule has 4 fully saturated rings. The van der Waals surface area contributed by atoms with Crippen LogP contribution in [-0.4, -0.2) is 71.4 Å². The van der Waals surface area contributed by atoms with Gasteiger partial charge in [-0.15, -0.1) is 0 Å². The fourth-order valence-corrected chi connectivity index (χ4v) is 6.38. The Morgan fingerprint density at radius 3 is 3.14 bits per heavy atom. The van der Waals surface area contributed by atoms with Crippen molar-refractivity contribution in [3.8, 4) is 11.8 Å². The lowest BCUT2D eigenvalue weighted by Crippen LogP contribution is -2.60. The maximum atomic E-state index is 9.19. The monoisotopic (exact) mass is 474 g/mol. The smallest absolute Gasteiger partial charge is 0.141 e. The van der Waals surface area contributed by atoms with Crippen LogP contribution in [-0.2, 0) is 22.5 Å². The number of ether oxygens (including phenoxy) is 3. The van der Waals surface area contributed by atoms with Gasteiger partial charge in [0, 0.05) is 35.9 Å². The molecule has 2 bridgehead atoms. The molecule has 1 spiro atoms. The van der Waals surface area contributed by atoms with Gasteiger partial charge in [-0.05, 0) is 55.5 Å². The van der Waals surface area contributed by atoms with Crippen LogP contribution in [0.4, 0.5) is 0 Å². The van der Waals surface area contributed by atoms with E-state index in [1.54, 1.807) is 6.21 Å². The Hall–Kier alpha value is -3.06. The number of benzene rings is 1. The minimum absolute atomic E-state index is 0.0303. The molecule has 7 rings (SSSR count). The standard InChI is InChI=1S/C26H30N6O3/c1-17(35-20-2-3-23-22(8-20)21-5-7-33-11-18(21)9-29-23)24(31-28)10-30-25-13-26(14-25)16-34-12-19(4-6-27)32(26)15-25/h2-3,8-10,17,19H,4-5,7,11-16,28H2,1H3/b30-10?,31-24+. The van der Waals surface area contributed by atoms with Crippen LogP contribution in [0, 0.1) is 11.3 Å². The summed E-state index contributed by atoms with van der Waals surface area (Å²) < 4.78 is 17.6. The first-order valence-electron chi connectivity index (χ1n) is 12.2. The summed E-state index contributed by atoms with van der Waals surface area (Å²) in [6.45, 7) is 5.44. The van der Waals surface area contributed by atoms with Crippen LogP contribution in [0.5, 0.6) is 5.75 Å². The number of morpholine rings is 1. The second kappa shape index (κ2) is 8.55. The van der Waals surface area contributed by atoms with Gasteiger partial charge < -0.3 is 20.1 Å². The van der Waals surface area contributed by atoms with Crippen molar-refractivity contribution in [1.29, 1.82) is 5.26 Å². The van der Waals surface area contributed by atoms with E-state index in [-0.39, 0.29) is 23.2 Å². The summed E-state index contributed by atoms with van der Waals surface area (Å²) in [7, 11) is 0. The van der Waals surface area contributed by atoms with Gasteiger partial charge in [-0.2, -0.15) is 10.4 Å². The molecule has 1 aromatic heterocycles. The SMILES string of the molecule is CC(Oc1ccc2ncc3c(c2c1)CCOC3)/C(C=NC12CN3C(CC#N)COCC3(C1)C2)=N/N. The lowest BCUT2D eigenvalue weighted by Gasteiger charge is -2.50. The van der Waals surface area contributed by atoms with Crippen molar-refractivity contribution < 1.29 is 14.2 Å². The number of nitriles is 1. The van der Waals surface area contributed by atoms with Gasteiger partial charge in [0.25, 0.3) is 0 Å². The number of aromatic nitrogens is 1. The quantitative estimate of drug-likeness (QED) is 0.388. The summed E-state index contributed by atoms with van der Waals surface area (Å²) in [4.78, 5) is 12.0. The second-order valence-corrected chi connectivity index (χ2v) is 10.3. The van der Waals surface area contributed by atoms with Crippen LogP contribution in [0.1, 0.15) is 37.3 Å². The molecule has 2 N–H and O–H groups in total. The lowest BCUT2D eigenvalue weighted by molar-refractivity contribution is -0.0922. The molecule has 1 aliphatic carbocycles. The van der Waals surface area contributed by atoms with Crippen LogP contribution in [0.25, 0.3) is 10.9 Å². The number of nitrogens with zero attached hydrogens (tertiary/aromatic N) is 5. The van der Waals surface area contributed by atoms with Gasteiger partial charge in [0.1, 0.15) is 17.6 Å². The minimum atomic E-state index is -0.360. The fraction of sp³-hybridized carbons (Fsp3) is 0.538. The van der Waals surface area contributed by atoms with E-state index in [4.69, 9.17) is 25.0 Å². The van der Waals surface area contributed by atoms with Gasteiger partial charge in [-0.25, -0.2) is 0 Å². The Kier molecular flexibility index (Phi) is 5.48. The van der Waals surface area contributed by atoms with Gasteiger partial charge in [-0.3, -0.25) is 14.9 Å². The number of hydrazone groups is 1. The van der Waals surface area contributed by atoms with Crippen molar-refractivity contribution >= 4 is 22.8 Å². The molecular weight excluding hydrogens is 444 g/mol. The fourth-order valence-electron chi connectivity index (χ4n) is 6.38. The Labute approximate surface area is 204 Å². The molecule has 5 heterocycles. The third-order valence-corrected chi connectivity index (χ3v) is 7.98. The third kappa shape index (κ3) is 3.77. The maximum Gasteiger partial charge on any atom is 0.141 e. The van der Waals surface area contributed by atoms with E-state index in [9.17, 15) is 5.26 Å². The number of pyridine rings is 1. The molecule has 4 aliphatic heterocycles. The second-order valence-electron chi connectivity index (χ2n) is 10.3. The van der Waals surface area contributed by atoms with Crippen LogP contribution >= 0.6 is 0 Å². The largest absolute Gasteiger partial charge is 0.484 e. The molecule has 0 amide bonds. The number of fused-ring (bicyclic) bond motifs is 3. The van der Waals surface area contributed by atoms with Gasteiger partial charge in [0.05, 0.1) is 50.0 Å². The molecule has 35 heavy (non-hydrogen) atoms. The normalized spacial score (nSPS) is 31.0. The van der Waals surface area contributed by atoms with E-state index in [0.717, 1.165) is 61.2 Å². The Morgan fingerprint density at radius 2 is 2.31 bits per heavy atom. The van der Waals surface area contributed by atoms with Crippen molar-refractivity contribution in [2.45, 2.75) is 62.4 Å². The van der Waals surface area contributed by atoms with Crippen LogP contribution in [0.2, 0.25) is 0 Å². The summed E-state index contributed by atoms with van der Waals surface area (Å²) in [6, 6.07) is 8.42. The molecular formula is C26H30N6O3. The first-order valence-corrected chi connectivity index (χ1v) is 12.2. The van der Waals surface area contributed by atoms with Crippen LogP contribution < -0.4 is 10.6 Å². The highest BCUT2D eigenvalue weighted by atomic mass is 16.5. The highest BCUT2D eigenvalue weighted by molar-refractivity contribution is 6.32. The molecule has 3 saturated heterocycles. The molecule has 2 unspecified atom stereocenters. The molecule has 182 valence electrons. The molecule has 0 radical (unpaired) electrons. The summed E-state index contributed by atoms with van der Waals surface area (Å²) in [6.07, 6.45) is 6.56. The Bertz CT molecular complexity index is 1250. The van der Waals surface area contributed by atoms with E-state index in [0.29, 0.717) is 25.3 Å². The van der Waals surface area contributed by atoms with Crippen LogP contribution in [0.15, 0.2) is 34.5 Å². The number of aliphatic imine (C=N–C) groups is 1. The van der Waals surface area contributed by atoms with E-state index >= 15 is 0 Å². The average molecular weight is 475 g/mol. The van der Waals surface area contributed by atoms with Crippen molar-refractivity contribution in [2.75, 3.05) is 26.4 Å². The predicted octanol–water partition coefficient (Wildman–Crippen LogP) is 2.36. The molecule has 9 heteroatoms. The van der Waals surface area contributed by atoms with E-state index in [1.807, 2.05) is 31.3 Å². The molecule has 1 aromatic carbocycles. The third-order valence-electron chi connectivity index (χ3n) is 7.98. The number of nitrogens with two attached hydrogens (primary N) is 1. The van der Waals surface area contributed by atoms with Crippen molar-refractivity contribution in [1.82, 2.24) is 9.88 Å². The van der Waals surface area contributed by atoms with Gasteiger partial charge in [-0.1, -0.05) is 0 Å². The molecule has 9 nitrogen and oxygen atoms in total. The minimum Gasteiger partial charge on any atom is -0.484 e. The Balaban J connectivity index is 1.17. The lowest BCUT2D eigenvalue weighted by atomic mass is 9.68. The topological polar surface area (TPSA) is 118 Å². The van der Waals surface area contributed by atoms with Gasteiger partial charge in [0.2, 0.25) is 0 Å². The Morgan fingerprint density at radius 1 is 1.43 bits per heavy atom. The van der Waals surface area contributed by atoms with Gasteiger partial charge in [0.15, 0.2) is 0 Å². The van der Waals surface area contributed by atoms with E-state index in [2.05, 4.69) is 21.1 Å². The highest BCUT2D eigenvalue weighted by Gasteiger charge is 2.67. The molecule has 1 saturated carbocycles. The summed E-state index contributed by atoms with van der Waals surface area (Å²) in [5, 5.41) is 14.3. The summed E-state index contributed by atoms with van der Waals surface area (Å²) >= 11 is 0. The molecule has 2 atom stereocenters.